The molecule has 4 aliphatic rings. The second kappa shape index (κ2) is 11.4. The van der Waals surface area contributed by atoms with Gasteiger partial charge in [-0.15, -0.1) is 0 Å². The number of aliphatic hydroxyl groups excluding tert-OH is 1. The number of aromatic amines is 1. The predicted octanol–water partition coefficient (Wildman–Crippen LogP) is 7.58. The van der Waals surface area contributed by atoms with E-state index >= 15 is 0 Å². The van der Waals surface area contributed by atoms with Gasteiger partial charge < -0.3 is 25.6 Å². The molecule has 4 aliphatic carbocycles. The lowest BCUT2D eigenvalue weighted by atomic mass is 9.42. The molecule has 4 saturated carbocycles. The van der Waals surface area contributed by atoms with Crippen LogP contribution in [0.25, 0.3) is 10.9 Å². The fourth-order valence-corrected chi connectivity index (χ4v) is 11.3. The van der Waals surface area contributed by atoms with Gasteiger partial charge in [0, 0.05) is 35.0 Å². The standard InChI is InChI=1S/C37H58N2O3/c1-23(2)7-6-8-24(3)30-10-11-31-29-20-34(38-18-15-25-22-39-33-12-9-26(40)19-28(25)33)37(42)21-27(41)13-17-36(37,5)32(29)14-16-35(30,31)4/h9,12,19,22-24,27,29-32,34,38-42H,6-8,10-11,13-18,20-21H2,1-5H3/t24-,27?,29+,30-,31+,32+,34?,35-,36-,37?/m1/s1. The van der Waals surface area contributed by atoms with E-state index in [4.69, 9.17) is 0 Å². The number of H-pyrrole nitrogens is 1. The molecule has 5 N–H and O–H groups in total. The Balaban J connectivity index is 1.22. The van der Waals surface area contributed by atoms with E-state index in [-0.39, 0.29) is 11.5 Å². The highest BCUT2D eigenvalue weighted by atomic mass is 16.3. The van der Waals surface area contributed by atoms with Crippen LogP contribution in [0.5, 0.6) is 5.75 Å². The van der Waals surface area contributed by atoms with Crippen LogP contribution in [0.15, 0.2) is 24.4 Å². The number of fused-ring (bicyclic) bond motifs is 6. The number of nitrogens with one attached hydrogen (secondary N) is 2. The Hall–Kier alpha value is -1.56. The van der Waals surface area contributed by atoms with Crippen molar-refractivity contribution in [2.45, 2.75) is 129 Å². The molecule has 10 atom stereocenters. The van der Waals surface area contributed by atoms with Gasteiger partial charge in [-0.25, -0.2) is 0 Å². The monoisotopic (exact) mass is 578 g/mol. The summed E-state index contributed by atoms with van der Waals surface area (Å²) < 4.78 is 0. The van der Waals surface area contributed by atoms with E-state index < -0.39 is 11.7 Å². The Labute approximate surface area is 254 Å². The highest BCUT2D eigenvalue weighted by Gasteiger charge is 2.67. The lowest BCUT2D eigenvalue weighted by molar-refractivity contribution is -0.234. The third-order valence-electron chi connectivity index (χ3n) is 13.6. The molecule has 1 aromatic carbocycles. The molecule has 6 rings (SSSR count). The number of aliphatic hydroxyl groups is 2. The Morgan fingerprint density at radius 2 is 1.83 bits per heavy atom. The minimum absolute atomic E-state index is 0.0119. The fourth-order valence-electron chi connectivity index (χ4n) is 11.3. The molecule has 0 amide bonds. The average Bonchev–Trinajstić information content (AvgIpc) is 3.50. The molecule has 5 nitrogen and oxygen atoms in total. The van der Waals surface area contributed by atoms with Gasteiger partial charge in [0.25, 0.3) is 0 Å². The molecule has 42 heavy (non-hydrogen) atoms. The average molecular weight is 579 g/mol. The Morgan fingerprint density at radius 3 is 2.62 bits per heavy atom. The summed E-state index contributed by atoms with van der Waals surface area (Å²) in [6.07, 6.45) is 15.0. The predicted molar refractivity (Wildman–Crippen MR) is 171 cm³/mol. The molecule has 0 spiro atoms. The molecule has 0 aliphatic heterocycles. The Kier molecular flexibility index (Phi) is 8.28. The molecule has 2 aromatic rings. The summed E-state index contributed by atoms with van der Waals surface area (Å²) in [4.78, 5) is 3.34. The van der Waals surface area contributed by atoms with E-state index in [0.29, 0.717) is 29.4 Å². The highest BCUT2D eigenvalue weighted by molar-refractivity contribution is 5.84. The van der Waals surface area contributed by atoms with Crippen molar-refractivity contribution in [3.05, 3.63) is 30.0 Å². The molecule has 0 bridgehead atoms. The molecule has 0 saturated heterocycles. The van der Waals surface area contributed by atoms with Crippen molar-refractivity contribution in [1.82, 2.24) is 10.3 Å². The largest absolute Gasteiger partial charge is 0.508 e. The first-order chi connectivity index (χ1) is 20.0. The normalized spacial score (nSPS) is 40.6. The Morgan fingerprint density at radius 1 is 1.02 bits per heavy atom. The second-order valence-electron chi connectivity index (χ2n) is 16.2. The second-order valence-corrected chi connectivity index (χ2v) is 16.2. The maximum Gasteiger partial charge on any atom is 0.116 e. The molecular weight excluding hydrogens is 520 g/mol. The number of hydrogen-bond donors (Lipinski definition) is 5. The van der Waals surface area contributed by atoms with Crippen molar-refractivity contribution >= 4 is 10.9 Å². The number of hydrogen-bond acceptors (Lipinski definition) is 4. The number of phenolic OH excluding ortho intramolecular Hbond substituents is 1. The number of aromatic hydroxyl groups is 1. The summed E-state index contributed by atoms with van der Waals surface area (Å²) in [6, 6.07) is 5.49. The van der Waals surface area contributed by atoms with Crippen molar-refractivity contribution in [3.63, 3.8) is 0 Å². The van der Waals surface area contributed by atoms with Gasteiger partial charge >= 0.3 is 0 Å². The van der Waals surface area contributed by atoms with Crippen LogP contribution >= 0.6 is 0 Å². The van der Waals surface area contributed by atoms with Gasteiger partial charge in [0.15, 0.2) is 0 Å². The molecule has 0 radical (unpaired) electrons. The van der Waals surface area contributed by atoms with Gasteiger partial charge in [-0.3, -0.25) is 0 Å². The van der Waals surface area contributed by atoms with Crippen LogP contribution in [0.2, 0.25) is 0 Å². The van der Waals surface area contributed by atoms with Gasteiger partial charge in [-0.05, 0) is 123 Å². The molecule has 4 fully saturated rings. The topological polar surface area (TPSA) is 88.5 Å². The molecule has 1 aromatic heterocycles. The SMILES string of the molecule is CC(C)CCC[C@@H](C)[C@H]1CC[C@H]2[C@@H]3CC(NCCc4c[nH]c5ccc(O)cc45)C4(O)CC(O)CC[C@]4(C)[C@H]3CC[C@]12C. The van der Waals surface area contributed by atoms with E-state index in [2.05, 4.69) is 51.1 Å². The molecule has 3 unspecified atom stereocenters. The van der Waals surface area contributed by atoms with Crippen molar-refractivity contribution in [2.24, 2.45) is 46.3 Å². The third-order valence-corrected chi connectivity index (χ3v) is 13.6. The zero-order chi connectivity index (χ0) is 29.9. The van der Waals surface area contributed by atoms with E-state index in [1.54, 1.807) is 6.07 Å². The van der Waals surface area contributed by atoms with E-state index in [1.807, 2.05) is 12.1 Å². The summed E-state index contributed by atoms with van der Waals surface area (Å²) in [5.74, 6) is 4.62. The first-order valence-corrected chi connectivity index (χ1v) is 17.4. The molecule has 5 heteroatoms. The van der Waals surface area contributed by atoms with Crippen LogP contribution in [-0.2, 0) is 6.42 Å². The van der Waals surface area contributed by atoms with Gasteiger partial charge in [0.2, 0.25) is 0 Å². The number of benzene rings is 1. The smallest absolute Gasteiger partial charge is 0.116 e. The molecule has 1 heterocycles. The minimum Gasteiger partial charge on any atom is -0.508 e. The zero-order valence-electron chi connectivity index (χ0n) is 27.0. The zero-order valence-corrected chi connectivity index (χ0v) is 27.0. The highest BCUT2D eigenvalue weighted by Crippen LogP contribution is 2.69. The summed E-state index contributed by atoms with van der Waals surface area (Å²) >= 11 is 0. The first-order valence-electron chi connectivity index (χ1n) is 17.4. The van der Waals surface area contributed by atoms with Crippen molar-refractivity contribution < 1.29 is 15.3 Å². The van der Waals surface area contributed by atoms with Crippen molar-refractivity contribution in [1.29, 1.82) is 0 Å². The van der Waals surface area contributed by atoms with E-state index in [1.165, 1.54) is 50.5 Å². The van der Waals surface area contributed by atoms with Crippen molar-refractivity contribution in [2.75, 3.05) is 6.54 Å². The van der Waals surface area contributed by atoms with Crippen LogP contribution in [0.4, 0.5) is 0 Å². The maximum atomic E-state index is 12.6. The van der Waals surface area contributed by atoms with Gasteiger partial charge in [-0.1, -0.05) is 53.9 Å². The lowest BCUT2D eigenvalue weighted by Crippen LogP contribution is -2.71. The number of aromatic nitrogens is 1. The van der Waals surface area contributed by atoms with Crippen LogP contribution in [0.3, 0.4) is 0 Å². The Bertz CT molecular complexity index is 1240. The summed E-state index contributed by atoms with van der Waals surface area (Å²) in [6.45, 7) is 13.1. The van der Waals surface area contributed by atoms with E-state index in [0.717, 1.165) is 66.8 Å². The maximum absolute atomic E-state index is 12.6. The number of rotatable bonds is 9. The quantitative estimate of drug-likeness (QED) is 0.212. The summed E-state index contributed by atoms with van der Waals surface area (Å²) in [7, 11) is 0. The minimum atomic E-state index is -0.889. The number of phenols is 1. The van der Waals surface area contributed by atoms with Gasteiger partial charge in [-0.2, -0.15) is 0 Å². The van der Waals surface area contributed by atoms with Crippen LogP contribution < -0.4 is 5.32 Å². The fraction of sp³-hybridized carbons (Fsp3) is 0.784. The molecular formula is C37H58N2O3. The van der Waals surface area contributed by atoms with E-state index in [9.17, 15) is 15.3 Å². The van der Waals surface area contributed by atoms with Crippen LogP contribution in [0.1, 0.15) is 111 Å². The van der Waals surface area contributed by atoms with Crippen LogP contribution in [-0.4, -0.2) is 44.6 Å². The third kappa shape index (κ3) is 5.04. The molecule has 234 valence electrons. The van der Waals surface area contributed by atoms with Crippen molar-refractivity contribution in [3.8, 4) is 5.75 Å². The van der Waals surface area contributed by atoms with Crippen LogP contribution in [0, 0.1) is 46.3 Å². The summed E-state index contributed by atoms with van der Waals surface area (Å²) in [5.41, 5.74) is 1.59. The van der Waals surface area contributed by atoms with Gasteiger partial charge in [0.05, 0.1) is 11.7 Å². The summed E-state index contributed by atoms with van der Waals surface area (Å²) in [5, 5.41) is 38.5. The lowest BCUT2D eigenvalue weighted by Gasteiger charge is -2.66. The first kappa shape index (κ1) is 30.5. The van der Waals surface area contributed by atoms with Gasteiger partial charge in [0.1, 0.15) is 5.75 Å².